The molecule has 6 rings (SSSR count). The monoisotopic (exact) mass is 786 g/mol. The van der Waals surface area contributed by atoms with Crippen LogP contribution >= 0.6 is 139 Å². The van der Waals surface area contributed by atoms with Gasteiger partial charge >= 0.3 is 22.9 Å². The third-order valence-corrected chi connectivity index (χ3v) is 17.3. The van der Waals surface area contributed by atoms with E-state index in [1.54, 1.807) is 0 Å². The summed E-state index contributed by atoms with van der Waals surface area (Å²) < 4.78 is 86.6. The first-order chi connectivity index (χ1) is 18.9. The van der Waals surface area contributed by atoms with Gasteiger partial charge in [-0.2, -0.15) is 0 Å². The van der Waals surface area contributed by atoms with Crippen molar-refractivity contribution in [1.29, 1.82) is 0 Å². The average Bonchev–Trinajstić information content (AvgIpc) is 3.73. The Balaban J connectivity index is 0.000000182. The molecule has 218 valence electrons. The number of rotatable bonds is 1. The zero-order chi connectivity index (χ0) is 29.4. The Morgan fingerprint density at radius 3 is 0.750 bits per heavy atom. The van der Waals surface area contributed by atoms with Crippen LogP contribution in [0.4, 0.5) is 34.5 Å². The lowest BCUT2D eigenvalue weighted by molar-refractivity contribution is 0.366. The maximum Gasteiger partial charge on any atom is 0.673 e. The molecule has 0 nitrogen and oxygen atoms in total. The van der Waals surface area contributed by atoms with E-state index in [1.807, 2.05) is 139 Å². The van der Waals surface area contributed by atoms with E-state index in [2.05, 4.69) is 64.8 Å². The van der Waals surface area contributed by atoms with Crippen molar-refractivity contribution in [3.05, 3.63) is 81.7 Å². The molecule has 0 spiro atoms. The Labute approximate surface area is 275 Å². The van der Waals surface area contributed by atoms with Gasteiger partial charge in [-0.1, -0.05) is 94.1 Å². The van der Waals surface area contributed by atoms with Crippen LogP contribution in [0.3, 0.4) is 0 Å². The van der Waals surface area contributed by atoms with E-state index >= 15 is 0 Å². The molecule has 0 amide bonds. The molecule has 0 aromatic carbocycles. The van der Waals surface area contributed by atoms with E-state index in [4.69, 9.17) is 0 Å². The zero-order valence-electron chi connectivity index (χ0n) is 19.0. The molecule has 0 saturated heterocycles. The Hall–Kier alpha value is 0.910. The van der Waals surface area contributed by atoms with Crippen LogP contribution in [0.5, 0.6) is 0 Å². The lowest BCUT2D eigenvalue weighted by Gasteiger charge is -1.97. The van der Waals surface area contributed by atoms with Crippen LogP contribution in [0.25, 0.3) is 8.38 Å². The fourth-order valence-corrected chi connectivity index (χ4v) is 13.9. The molecule has 0 bridgehead atoms. The average molecular weight is 787 g/mol. The van der Waals surface area contributed by atoms with Crippen molar-refractivity contribution < 1.29 is 34.5 Å². The number of halogens is 8. The van der Waals surface area contributed by atoms with Crippen molar-refractivity contribution in [3.63, 3.8) is 0 Å². The van der Waals surface area contributed by atoms with E-state index in [-0.39, 0.29) is 0 Å². The maximum atomic E-state index is 9.75. The molecule has 2 aromatic rings. The van der Waals surface area contributed by atoms with Gasteiger partial charge in [-0.25, -0.2) is 0 Å². The van der Waals surface area contributed by atoms with Crippen LogP contribution in [0, 0.1) is 0 Å². The van der Waals surface area contributed by atoms with Gasteiger partial charge in [0.1, 0.15) is 21.5 Å². The van der Waals surface area contributed by atoms with Gasteiger partial charge in [0.15, 0.2) is 0 Å². The van der Waals surface area contributed by atoms with E-state index < -0.39 is 14.5 Å². The lowest BCUT2D eigenvalue weighted by Crippen LogP contribution is -2.02. The molecule has 22 heteroatoms. The van der Waals surface area contributed by atoms with Crippen LogP contribution in [0.15, 0.2) is 81.7 Å². The molecule has 0 aliphatic carbocycles. The van der Waals surface area contributed by atoms with E-state index in [0.29, 0.717) is 0 Å². The van der Waals surface area contributed by atoms with Crippen molar-refractivity contribution in [2.24, 2.45) is 0 Å². The van der Waals surface area contributed by atoms with Gasteiger partial charge in [-0.3, -0.25) is 0 Å². The summed E-state index contributed by atoms with van der Waals surface area (Å²) in [5, 5.41) is 25.6. The summed E-state index contributed by atoms with van der Waals surface area (Å²) in [6.45, 7) is 0. The predicted molar refractivity (Wildman–Crippen MR) is 184 cm³/mol. The van der Waals surface area contributed by atoms with E-state index in [1.165, 1.54) is 25.3 Å². The molecule has 0 atom stereocenters. The van der Waals surface area contributed by atoms with Crippen molar-refractivity contribution in [2.45, 2.75) is 0 Å². The highest BCUT2D eigenvalue weighted by Gasteiger charge is 2.22. The SMILES string of the molecule is C1=CSC(=C2SC=CS2)S1.C1=CSC(=C2SC=CS2)S1.F[B-](F)(F)F.F[B-](F)(F)F.c1c[s+]c(-c2scc[s+]2)s1. The quantitative estimate of drug-likeness (QED) is 0.157. The topological polar surface area (TPSA) is 0 Å². The van der Waals surface area contributed by atoms with Gasteiger partial charge in [0.2, 0.25) is 0 Å². The minimum Gasteiger partial charge on any atom is -0.418 e. The van der Waals surface area contributed by atoms with Gasteiger partial charge < -0.3 is 34.5 Å². The molecule has 0 fully saturated rings. The number of hydrogen-bond donors (Lipinski definition) is 0. The van der Waals surface area contributed by atoms with Crippen molar-refractivity contribution in [1.82, 2.24) is 0 Å². The van der Waals surface area contributed by atoms with Crippen LogP contribution in [0.1, 0.15) is 0 Å². The molecule has 0 radical (unpaired) electrons. The highest BCUT2D eigenvalue weighted by molar-refractivity contribution is 8.34. The van der Waals surface area contributed by atoms with Crippen LogP contribution in [0.2, 0.25) is 0 Å². The Morgan fingerprint density at radius 2 is 0.600 bits per heavy atom. The second-order valence-corrected chi connectivity index (χ2v) is 18.3. The Morgan fingerprint density at radius 1 is 0.400 bits per heavy atom. The summed E-state index contributed by atoms with van der Waals surface area (Å²) >= 11 is 21.8. The summed E-state index contributed by atoms with van der Waals surface area (Å²) in [4.78, 5) is 0. The first-order valence-corrected chi connectivity index (χ1v) is 20.3. The van der Waals surface area contributed by atoms with Crippen LogP contribution < -0.4 is 0 Å². The fraction of sp³-hybridized carbons (Fsp3) is 0. The summed E-state index contributed by atoms with van der Waals surface area (Å²) in [6, 6.07) is 0. The molecule has 4 aliphatic rings. The molecule has 2 aromatic heterocycles. The minimum absolute atomic E-state index is 1.43. The largest absolute Gasteiger partial charge is 0.673 e. The minimum atomic E-state index is -6.00. The molecule has 0 unspecified atom stereocenters. The lowest BCUT2D eigenvalue weighted by atomic mass is 10.3. The third kappa shape index (κ3) is 18.5. The van der Waals surface area contributed by atoms with Gasteiger partial charge in [-0.05, 0) is 43.3 Å². The molecule has 40 heavy (non-hydrogen) atoms. The van der Waals surface area contributed by atoms with Crippen molar-refractivity contribution >= 4 is 154 Å². The number of hydrogen-bond acceptors (Lipinski definition) is 10. The van der Waals surface area contributed by atoms with Gasteiger partial charge in [-0.15, -0.1) is 0 Å². The summed E-state index contributed by atoms with van der Waals surface area (Å²) in [5.74, 6) is 0. The molecular weight excluding hydrogens is 775 g/mol. The van der Waals surface area contributed by atoms with Gasteiger partial charge in [0.05, 0.1) is 62.3 Å². The Bertz CT molecular complexity index is 1010. The highest BCUT2D eigenvalue weighted by Crippen LogP contribution is 2.51. The summed E-state index contributed by atoms with van der Waals surface area (Å²) in [7, 11) is -12.0. The first kappa shape index (κ1) is 37.1. The van der Waals surface area contributed by atoms with Crippen molar-refractivity contribution in [3.8, 4) is 8.38 Å². The molecular formula is C18H12B2F8S12. The smallest absolute Gasteiger partial charge is 0.418 e. The van der Waals surface area contributed by atoms with Crippen LogP contribution in [-0.4, -0.2) is 14.5 Å². The fourth-order valence-electron chi connectivity index (χ4n) is 1.82. The van der Waals surface area contributed by atoms with E-state index in [9.17, 15) is 34.5 Å². The van der Waals surface area contributed by atoms with Gasteiger partial charge in [0, 0.05) is 0 Å². The predicted octanol–water partition coefficient (Wildman–Crippen LogP) is 14.8. The summed E-state index contributed by atoms with van der Waals surface area (Å²) in [6.07, 6.45) is 0. The number of thioether (sulfide) groups is 8. The summed E-state index contributed by atoms with van der Waals surface area (Å²) in [5.41, 5.74) is 0. The van der Waals surface area contributed by atoms with Crippen molar-refractivity contribution in [2.75, 3.05) is 0 Å². The molecule has 4 aliphatic heterocycles. The standard InChI is InChI=1S/3C6H4S4.2BF4/c3*1-2-8-5(7-1)6-9-3-4-10-6;2*2-1(3,4)5/h3*1-4H;;/q;;+2;2*-1. The Kier molecular flexibility index (Phi) is 18.6. The zero-order valence-corrected chi connectivity index (χ0v) is 28.8. The van der Waals surface area contributed by atoms with Crippen LogP contribution in [-0.2, 0) is 0 Å². The van der Waals surface area contributed by atoms with E-state index in [0.717, 1.165) is 0 Å². The highest BCUT2D eigenvalue weighted by atomic mass is 32.2. The molecule has 0 saturated carbocycles. The van der Waals surface area contributed by atoms with Gasteiger partial charge in [0.25, 0.3) is 0 Å². The molecule has 6 heterocycles. The normalized spacial score (nSPS) is 17.1. The maximum absolute atomic E-state index is 9.75. The second-order valence-electron chi connectivity index (χ2n) is 5.76. The first-order valence-electron chi connectivity index (χ1n) is 9.77. The molecule has 0 N–H and O–H groups in total. The second kappa shape index (κ2) is 20.0. The third-order valence-electron chi connectivity index (χ3n) is 2.93.